The highest BCUT2D eigenvalue weighted by Crippen LogP contribution is 2.38. The lowest BCUT2D eigenvalue weighted by atomic mass is 9.83. The van der Waals surface area contributed by atoms with Gasteiger partial charge in [0.15, 0.2) is 0 Å². The van der Waals surface area contributed by atoms with Crippen molar-refractivity contribution in [2.24, 2.45) is 11.3 Å². The maximum absolute atomic E-state index is 13.6. The van der Waals surface area contributed by atoms with E-state index in [1.165, 1.54) is 0 Å². The Bertz CT molecular complexity index is 1460. The molecule has 41 heavy (non-hydrogen) atoms. The van der Waals surface area contributed by atoms with E-state index in [-0.39, 0.29) is 22.5 Å². The first kappa shape index (κ1) is 31.4. The molecule has 9 heteroatoms. The molecule has 0 radical (unpaired) electrons. The molecule has 214 valence electrons. The second-order valence-corrected chi connectivity index (χ2v) is 11.2. The molecule has 0 aliphatic carbocycles. The van der Waals surface area contributed by atoms with Gasteiger partial charge in [-0.25, -0.2) is 4.79 Å². The maximum Gasteiger partial charge on any atom is 0.417 e. The molecule has 6 nitrogen and oxygen atoms in total. The number of carbonyl (C=O) groups excluding carboxylic acids is 1. The van der Waals surface area contributed by atoms with Crippen LogP contribution >= 0.6 is 0 Å². The first-order valence-electron chi connectivity index (χ1n) is 13.5. The first-order valence-corrected chi connectivity index (χ1v) is 13.5. The monoisotopic (exact) mass is 561 g/mol. The molecule has 0 N–H and O–H groups in total. The Morgan fingerprint density at radius 2 is 1.80 bits per heavy atom. The van der Waals surface area contributed by atoms with Crippen LogP contribution in [0.2, 0.25) is 0 Å². The molecule has 0 saturated carbocycles. The average molecular weight is 562 g/mol. The van der Waals surface area contributed by atoms with Crippen LogP contribution in [0, 0.1) is 29.6 Å². The zero-order valence-corrected chi connectivity index (χ0v) is 24.0. The molecule has 3 rings (SSSR count). The van der Waals surface area contributed by atoms with Crippen molar-refractivity contribution in [2.45, 2.75) is 72.9 Å². The van der Waals surface area contributed by atoms with Gasteiger partial charge in [0.25, 0.3) is 0 Å². The van der Waals surface area contributed by atoms with Crippen molar-refractivity contribution in [1.82, 2.24) is 19.9 Å². The summed E-state index contributed by atoms with van der Waals surface area (Å²) in [6.07, 6.45) is 5.71. The highest BCUT2D eigenvalue weighted by Gasteiger charge is 2.32. The van der Waals surface area contributed by atoms with Crippen LogP contribution in [0.4, 0.5) is 13.2 Å². The Kier molecular flexibility index (Phi) is 10.3. The summed E-state index contributed by atoms with van der Waals surface area (Å²) in [5.74, 6) is 1.72. The third kappa shape index (κ3) is 8.42. The Morgan fingerprint density at radius 3 is 2.34 bits per heavy atom. The number of nitrogens with zero attached hydrogens (tertiary/aromatic N) is 5. The number of hydrogen-bond donors (Lipinski definition) is 0. The van der Waals surface area contributed by atoms with Crippen LogP contribution in [-0.4, -0.2) is 25.9 Å². The molecule has 1 unspecified atom stereocenters. The largest absolute Gasteiger partial charge is 0.417 e. The number of aromatic nitrogens is 4. The van der Waals surface area contributed by atoms with Crippen LogP contribution in [0.3, 0.4) is 0 Å². The Balaban J connectivity index is 2.15. The summed E-state index contributed by atoms with van der Waals surface area (Å²) in [6, 6.07) is 6.58. The minimum absolute atomic E-state index is 0.0634. The first-order chi connectivity index (χ1) is 19.4. The lowest BCUT2D eigenvalue weighted by molar-refractivity contribution is -0.137. The van der Waals surface area contributed by atoms with Gasteiger partial charge in [-0.1, -0.05) is 33.8 Å². The highest BCUT2D eigenvalue weighted by molar-refractivity contribution is 5.98. The minimum Gasteiger partial charge on any atom is -0.261 e. The summed E-state index contributed by atoms with van der Waals surface area (Å²) in [7, 11) is 0. The van der Waals surface area contributed by atoms with Crippen molar-refractivity contribution in [2.75, 3.05) is 0 Å². The Hall–Kier alpha value is -4.15. The fraction of sp³-hybridized carbons (Fsp3) is 0.406. The van der Waals surface area contributed by atoms with Crippen molar-refractivity contribution in [3.8, 4) is 6.07 Å². The molecular formula is C32H34F3N5O. The SMILES string of the molecule is CCC(Cc1cnccn1)C(=C(C#N)c1cc(C(F)(F)F)cnc1C)c1ccc(C(=C=O)CCCC(C)(C)C)cn1. The number of alkyl halides is 3. The molecule has 0 aliphatic rings. The van der Waals surface area contributed by atoms with E-state index in [9.17, 15) is 23.2 Å². The number of pyridine rings is 2. The van der Waals surface area contributed by atoms with E-state index in [0.717, 1.165) is 25.1 Å². The highest BCUT2D eigenvalue weighted by atomic mass is 19.4. The van der Waals surface area contributed by atoms with Crippen LogP contribution in [-0.2, 0) is 17.4 Å². The number of hydrogen-bond acceptors (Lipinski definition) is 6. The molecule has 3 aromatic heterocycles. The van der Waals surface area contributed by atoms with Crippen LogP contribution in [0.1, 0.15) is 87.2 Å². The van der Waals surface area contributed by atoms with Gasteiger partial charge in [-0.05, 0) is 68.1 Å². The molecule has 0 aliphatic heterocycles. The van der Waals surface area contributed by atoms with Crippen molar-refractivity contribution in [3.05, 3.63) is 83.0 Å². The molecule has 0 saturated heterocycles. The average Bonchev–Trinajstić information content (AvgIpc) is 2.93. The van der Waals surface area contributed by atoms with Gasteiger partial charge < -0.3 is 0 Å². The molecule has 0 aromatic carbocycles. The third-order valence-electron chi connectivity index (χ3n) is 6.90. The molecule has 1 atom stereocenters. The fourth-order valence-electron chi connectivity index (χ4n) is 4.67. The molecule has 0 bridgehead atoms. The normalized spacial score (nSPS) is 13.1. The van der Waals surface area contributed by atoms with E-state index in [2.05, 4.69) is 46.8 Å². The van der Waals surface area contributed by atoms with E-state index >= 15 is 0 Å². The standard InChI is InChI=1S/C32H34F3N5O/c1-6-22(14-26-19-37-12-13-38-26)30(28(16-36)27-15-25(32(33,34)35)18-39-21(27)2)29-10-9-23(17-40-29)24(20-41)8-7-11-31(3,4)5/h9-10,12-13,15,17-19,22H,6-8,11,14H2,1-5H3. The van der Waals surface area contributed by atoms with Crippen molar-refractivity contribution in [1.29, 1.82) is 5.26 Å². The van der Waals surface area contributed by atoms with Crippen LogP contribution in [0.15, 0.2) is 49.2 Å². The lowest BCUT2D eigenvalue weighted by Crippen LogP contribution is -2.13. The zero-order chi connectivity index (χ0) is 30.2. The summed E-state index contributed by atoms with van der Waals surface area (Å²) in [6.45, 7) is 9.93. The summed E-state index contributed by atoms with van der Waals surface area (Å²) < 4.78 is 40.8. The van der Waals surface area contributed by atoms with E-state index < -0.39 is 11.7 Å². The van der Waals surface area contributed by atoms with E-state index in [1.54, 1.807) is 43.8 Å². The number of rotatable bonds is 10. The topological polar surface area (TPSA) is 92.4 Å². The smallest absolute Gasteiger partial charge is 0.261 e. The lowest BCUT2D eigenvalue weighted by Gasteiger charge is -2.22. The second-order valence-electron chi connectivity index (χ2n) is 11.2. The van der Waals surface area contributed by atoms with Crippen molar-refractivity contribution < 1.29 is 18.0 Å². The van der Waals surface area contributed by atoms with Gasteiger partial charge in [0, 0.05) is 53.4 Å². The molecule has 3 heterocycles. The quantitative estimate of drug-likeness (QED) is 0.186. The van der Waals surface area contributed by atoms with Gasteiger partial charge in [0.2, 0.25) is 0 Å². The second kappa shape index (κ2) is 13.5. The van der Waals surface area contributed by atoms with Gasteiger partial charge in [-0.2, -0.15) is 18.4 Å². The summed E-state index contributed by atoms with van der Waals surface area (Å²) in [4.78, 5) is 28.8. The number of aryl methyl sites for hydroxylation is 1. The summed E-state index contributed by atoms with van der Waals surface area (Å²) >= 11 is 0. The number of allylic oxidation sites excluding steroid dienone is 3. The molecule has 0 amide bonds. The van der Waals surface area contributed by atoms with Gasteiger partial charge in [-0.15, -0.1) is 0 Å². The fourth-order valence-corrected chi connectivity index (χ4v) is 4.67. The van der Waals surface area contributed by atoms with Crippen LogP contribution < -0.4 is 0 Å². The van der Waals surface area contributed by atoms with E-state index in [4.69, 9.17) is 0 Å². The van der Waals surface area contributed by atoms with Gasteiger partial charge in [0.1, 0.15) is 12.0 Å². The molecule has 3 aromatic rings. The van der Waals surface area contributed by atoms with Gasteiger partial charge in [-0.3, -0.25) is 19.9 Å². The van der Waals surface area contributed by atoms with Gasteiger partial charge >= 0.3 is 6.18 Å². The number of halogens is 3. The van der Waals surface area contributed by atoms with E-state index in [0.29, 0.717) is 53.1 Å². The van der Waals surface area contributed by atoms with Gasteiger partial charge in [0.05, 0.1) is 22.5 Å². The third-order valence-corrected chi connectivity index (χ3v) is 6.90. The number of nitriles is 1. The molecular weight excluding hydrogens is 527 g/mol. The van der Waals surface area contributed by atoms with Crippen LogP contribution in [0.5, 0.6) is 0 Å². The predicted octanol–water partition coefficient (Wildman–Crippen LogP) is 7.73. The van der Waals surface area contributed by atoms with Crippen LogP contribution in [0.25, 0.3) is 16.7 Å². The van der Waals surface area contributed by atoms with E-state index in [1.807, 2.05) is 12.9 Å². The summed E-state index contributed by atoms with van der Waals surface area (Å²) in [5, 5.41) is 10.4. The Labute approximate surface area is 239 Å². The zero-order valence-electron chi connectivity index (χ0n) is 24.0. The maximum atomic E-state index is 13.6. The minimum atomic E-state index is -4.62. The molecule has 0 fully saturated rings. The molecule has 0 spiro atoms. The predicted molar refractivity (Wildman–Crippen MR) is 153 cm³/mol. The van der Waals surface area contributed by atoms with Crippen molar-refractivity contribution in [3.63, 3.8) is 0 Å². The van der Waals surface area contributed by atoms with Crippen molar-refractivity contribution >= 4 is 22.7 Å². The summed E-state index contributed by atoms with van der Waals surface area (Å²) in [5.41, 5.74) is 2.36. The Morgan fingerprint density at radius 1 is 1.05 bits per heavy atom.